The Morgan fingerprint density at radius 3 is 2.90 bits per heavy atom. The monoisotopic (exact) mass is 164 g/mol. The van der Waals surface area contributed by atoms with E-state index in [0.717, 1.165) is 31.0 Å². The van der Waals surface area contributed by atoms with Gasteiger partial charge in [0, 0.05) is 18.8 Å². The molecule has 10 heavy (non-hydrogen) atoms. The van der Waals surface area contributed by atoms with E-state index in [1.807, 2.05) is 11.8 Å². The Morgan fingerprint density at radius 1 is 1.50 bits per heavy atom. The summed E-state index contributed by atoms with van der Waals surface area (Å²) in [6, 6.07) is 0. The zero-order valence-corrected chi connectivity index (χ0v) is 7.25. The second-order valence-electron chi connectivity index (χ2n) is 1.85. The molecule has 0 saturated heterocycles. The first-order chi connectivity index (χ1) is 4.91. The molecule has 0 aliphatic heterocycles. The van der Waals surface area contributed by atoms with E-state index in [-0.39, 0.29) is 0 Å². The lowest BCUT2D eigenvalue weighted by Gasteiger charge is -2.00. The minimum Gasteiger partial charge on any atom is -0.330 e. The second kappa shape index (κ2) is 9.23. The van der Waals surface area contributed by atoms with Gasteiger partial charge in [-0.05, 0) is 12.2 Å². The van der Waals surface area contributed by atoms with Crippen LogP contribution in [0.25, 0.3) is 0 Å². The van der Waals surface area contributed by atoms with Crippen molar-refractivity contribution >= 4 is 11.8 Å². The largest absolute Gasteiger partial charge is 0.330 e. The summed E-state index contributed by atoms with van der Waals surface area (Å²) in [6.07, 6.45) is 1.14. The van der Waals surface area contributed by atoms with Gasteiger partial charge >= 0.3 is 0 Å². The summed E-state index contributed by atoms with van der Waals surface area (Å²) in [5.74, 6) is 2.22. The van der Waals surface area contributed by atoms with Crippen LogP contribution in [0.3, 0.4) is 0 Å². The maximum absolute atomic E-state index is 5.31. The molecule has 0 aromatic heterocycles. The van der Waals surface area contributed by atoms with Gasteiger partial charge in [-0.1, -0.05) is 0 Å². The molecular formula is C6H16N2OS. The quantitative estimate of drug-likeness (QED) is 0.417. The highest BCUT2D eigenvalue weighted by molar-refractivity contribution is 7.99. The second-order valence-corrected chi connectivity index (χ2v) is 3.08. The number of hydrogen-bond donors (Lipinski definition) is 2. The molecule has 0 aliphatic carbocycles. The van der Waals surface area contributed by atoms with Crippen molar-refractivity contribution in [2.45, 2.75) is 6.42 Å². The standard InChI is InChI=1S/C6H16N2OS/c1-9-8-4-2-5-10-6-3-7/h8H,2-7H2,1H3. The van der Waals surface area contributed by atoms with Crippen LogP contribution in [0.15, 0.2) is 0 Å². The maximum atomic E-state index is 5.31. The van der Waals surface area contributed by atoms with Crippen molar-refractivity contribution in [1.82, 2.24) is 5.48 Å². The molecule has 0 spiro atoms. The molecule has 4 heteroatoms. The molecule has 3 nitrogen and oxygen atoms in total. The first-order valence-electron chi connectivity index (χ1n) is 3.45. The molecule has 0 atom stereocenters. The summed E-state index contributed by atoms with van der Waals surface area (Å²) in [4.78, 5) is 4.66. The van der Waals surface area contributed by atoms with Gasteiger partial charge < -0.3 is 10.6 Å². The number of hydrogen-bond acceptors (Lipinski definition) is 4. The summed E-state index contributed by atoms with van der Waals surface area (Å²) in [5.41, 5.74) is 8.09. The first kappa shape index (κ1) is 10.2. The Kier molecular flexibility index (Phi) is 9.44. The highest BCUT2D eigenvalue weighted by Crippen LogP contribution is 1.98. The summed E-state index contributed by atoms with van der Waals surface area (Å²) in [7, 11) is 1.63. The lowest BCUT2D eigenvalue weighted by atomic mass is 10.5. The predicted molar refractivity (Wildman–Crippen MR) is 46.0 cm³/mol. The average molecular weight is 164 g/mol. The van der Waals surface area contributed by atoms with Gasteiger partial charge in [0.25, 0.3) is 0 Å². The fraction of sp³-hybridized carbons (Fsp3) is 1.00. The zero-order chi connectivity index (χ0) is 7.66. The van der Waals surface area contributed by atoms with Crippen LogP contribution in [-0.2, 0) is 4.84 Å². The molecule has 62 valence electrons. The molecule has 0 bridgehead atoms. The SMILES string of the molecule is CONCCCSCCN. The fourth-order valence-electron chi connectivity index (χ4n) is 0.534. The van der Waals surface area contributed by atoms with Crippen molar-refractivity contribution in [3.8, 4) is 0 Å². The van der Waals surface area contributed by atoms with Crippen LogP contribution in [0, 0.1) is 0 Å². The summed E-state index contributed by atoms with van der Waals surface area (Å²) < 4.78 is 0. The Morgan fingerprint density at radius 2 is 2.30 bits per heavy atom. The third-order valence-electron chi connectivity index (χ3n) is 0.974. The van der Waals surface area contributed by atoms with E-state index in [2.05, 4.69) is 10.3 Å². The normalized spacial score (nSPS) is 10.2. The van der Waals surface area contributed by atoms with Crippen LogP contribution in [0.1, 0.15) is 6.42 Å². The van der Waals surface area contributed by atoms with Crippen molar-refractivity contribution in [1.29, 1.82) is 0 Å². The lowest BCUT2D eigenvalue weighted by Crippen LogP contribution is -2.13. The van der Waals surface area contributed by atoms with Gasteiger partial charge in [-0.3, -0.25) is 0 Å². The van der Waals surface area contributed by atoms with Gasteiger partial charge in [-0.25, -0.2) is 5.48 Å². The lowest BCUT2D eigenvalue weighted by molar-refractivity contribution is 0.0922. The molecule has 0 rings (SSSR count). The van der Waals surface area contributed by atoms with E-state index in [1.54, 1.807) is 7.11 Å². The molecule has 0 unspecified atom stereocenters. The molecule has 0 heterocycles. The fourth-order valence-corrected chi connectivity index (χ4v) is 1.25. The number of thioether (sulfide) groups is 1. The number of nitrogens with two attached hydrogens (primary N) is 1. The Balaban J connectivity index is 2.65. The van der Waals surface area contributed by atoms with Crippen molar-refractivity contribution in [3.05, 3.63) is 0 Å². The van der Waals surface area contributed by atoms with Crippen molar-refractivity contribution in [2.24, 2.45) is 5.73 Å². The number of nitrogens with one attached hydrogen (secondary N) is 1. The van der Waals surface area contributed by atoms with Crippen LogP contribution in [-0.4, -0.2) is 31.7 Å². The smallest absolute Gasteiger partial charge is 0.0572 e. The molecular weight excluding hydrogens is 148 g/mol. The highest BCUT2D eigenvalue weighted by atomic mass is 32.2. The summed E-state index contributed by atoms with van der Waals surface area (Å²) in [6.45, 7) is 1.70. The van der Waals surface area contributed by atoms with Crippen molar-refractivity contribution in [3.63, 3.8) is 0 Å². The van der Waals surface area contributed by atoms with Gasteiger partial charge in [-0.2, -0.15) is 11.8 Å². The molecule has 0 radical (unpaired) electrons. The zero-order valence-electron chi connectivity index (χ0n) is 6.43. The summed E-state index contributed by atoms with van der Waals surface area (Å²) in [5, 5.41) is 0. The van der Waals surface area contributed by atoms with Gasteiger partial charge in [0.2, 0.25) is 0 Å². The van der Waals surface area contributed by atoms with Gasteiger partial charge in [0.05, 0.1) is 7.11 Å². The Hall–Kier alpha value is 0.230. The number of hydroxylamine groups is 1. The predicted octanol–water partition coefficient (Wildman–Crippen LogP) is 0.219. The minimum absolute atomic E-state index is 0.780. The van der Waals surface area contributed by atoms with Crippen LogP contribution >= 0.6 is 11.8 Å². The highest BCUT2D eigenvalue weighted by Gasteiger charge is 1.86. The van der Waals surface area contributed by atoms with E-state index < -0.39 is 0 Å². The van der Waals surface area contributed by atoms with Gasteiger partial charge in [0.1, 0.15) is 0 Å². The van der Waals surface area contributed by atoms with Crippen LogP contribution in [0.5, 0.6) is 0 Å². The molecule has 3 N–H and O–H groups in total. The Bertz CT molecular complexity index is 55.7. The van der Waals surface area contributed by atoms with E-state index in [1.165, 1.54) is 0 Å². The van der Waals surface area contributed by atoms with Crippen LogP contribution in [0.4, 0.5) is 0 Å². The first-order valence-corrected chi connectivity index (χ1v) is 4.61. The van der Waals surface area contributed by atoms with Gasteiger partial charge in [0.15, 0.2) is 0 Å². The topological polar surface area (TPSA) is 47.3 Å². The third-order valence-corrected chi connectivity index (χ3v) is 2.08. The molecule has 0 aliphatic rings. The molecule has 0 aromatic rings. The molecule has 0 amide bonds. The molecule has 0 aromatic carbocycles. The molecule has 0 saturated carbocycles. The van der Waals surface area contributed by atoms with Crippen LogP contribution < -0.4 is 11.2 Å². The van der Waals surface area contributed by atoms with Crippen molar-refractivity contribution < 1.29 is 4.84 Å². The van der Waals surface area contributed by atoms with Crippen molar-refractivity contribution in [2.75, 3.05) is 31.7 Å². The maximum Gasteiger partial charge on any atom is 0.0572 e. The van der Waals surface area contributed by atoms with E-state index in [9.17, 15) is 0 Å². The number of rotatable bonds is 7. The van der Waals surface area contributed by atoms with Crippen LogP contribution in [0.2, 0.25) is 0 Å². The van der Waals surface area contributed by atoms with E-state index in [0.29, 0.717) is 0 Å². The average Bonchev–Trinajstić information content (AvgIpc) is 1.97. The van der Waals surface area contributed by atoms with E-state index >= 15 is 0 Å². The minimum atomic E-state index is 0.780. The Labute approximate surface area is 66.6 Å². The summed E-state index contributed by atoms with van der Waals surface area (Å²) >= 11 is 1.88. The third kappa shape index (κ3) is 8.23. The molecule has 0 fully saturated rings. The van der Waals surface area contributed by atoms with E-state index in [4.69, 9.17) is 5.73 Å². The van der Waals surface area contributed by atoms with Gasteiger partial charge in [-0.15, -0.1) is 0 Å².